The van der Waals surface area contributed by atoms with E-state index in [1.807, 2.05) is 31.2 Å². The highest BCUT2D eigenvalue weighted by molar-refractivity contribution is 5.98. The van der Waals surface area contributed by atoms with Crippen LogP contribution >= 0.6 is 0 Å². The van der Waals surface area contributed by atoms with Crippen molar-refractivity contribution < 1.29 is 19.2 Å². The maximum Gasteiger partial charge on any atom is 0.272 e. The quantitative estimate of drug-likeness (QED) is 0.516. The number of rotatable bonds is 8. The molecule has 2 amide bonds. The summed E-state index contributed by atoms with van der Waals surface area (Å²) in [5.74, 6) is -0.473. The predicted octanol–water partition coefficient (Wildman–Crippen LogP) is 3.36. The molecule has 1 unspecified atom stereocenters. The van der Waals surface area contributed by atoms with Crippen molar-refractivity contribution in [3.05, 3.63) is 74.8 Å². The Morgan fingerprint density at radius 3 is 2.55 bits per heavy atom. The number of carbonyl (C=O) groups is 2. The van der Waals surface area contributed by atoms with E-state index >= 15 is 0 Å². The standard InChI is InChI=1S/C23H27N3O5/c1-3-31-15-18-8-6-17(7-9-18)14-24-22(27)21-5-4-12-25(21)23(28)19-10-11-20(26(29)30)16(2)13-19/h6-11,13,21H,3-5,12,14-15H2,1-2H3,(H,24,27). The van der Waals surface area contributed by atoms with Crippen molar-refractivity contribution in [1.82, 2.24) is 10.2 Å². The molecule has 1 fully saturated rings. The van der Waals surface area contributed by atoms with Gasteiger partial charge in [-0.3, -0.25) is 19.7 Å². The fraction of sp³-hybridized carbons (Fsp3) is 0.391. The van der Waals surface area contributed by atoms with Gasteiger partial charge >= 0.3 is 0 Å². The van der Waals surface area contributed by atoms with Crippen LogP contribution in [0.5, 0.6) is 0 Å². The Morgan fingerprint density at radius 2 is 1.90 bits per heavy atom. The first-order valence-corrected chi connectivity index (χ1v) is 10.4. The first-order valence-electron chi connectivity index (χ1n) is 10.4. The maximum absolute atomic E-state index is 13.0. The van der Waals surface area contributed by atoms with Gasteiger partial charge in [0.1, 0.15) is 6.04 Å². The third kappa shape index (κ3) is 5.46. The second kappa shape index (κ2) is 10.2. The molecule has 164 valence electrons. The molecule has 31 heavy (non-hydrogen) atoms. The van der Waals surface area contributed by atoms with Crippen LogP contribution in [0.3, 0.4) is 0 Å². The average molecular weight is 425 g/mol. The van der Waals surface area contributed by atoms with Gasteiger partial charge in [0.25, 0.3) is 11.6 Å². The molecular weight excluding hydrogens is 398 g/mol. The fourth-order valence-corrected chi connectivity index (χ4v) is 3.72. The monoisotopic (exact) mass is 425 g/mol. The molecule has 2 aromatic carbocycles. The molecule has 8 nitrogen and oxygen atoms in total. The van der Waals surface area contributed by atoms with Gasteiger partial charge in [-0.1, -0.05) is 24.3 Å². The summed E-state index contributed by atoms with van der Waals surface area (Å²) in [6.07, 6.45) is 1.33. The largest absolute Gasteiger partial charge is 0.377 e. The van der Waals surface area contributed by atoms with Crippen LogP contribution < -0.4 is 5.32 Å². The number of hydrogen-bond acceptors (Lipinski definition) is 5. The lowest BCUT2D eigenvalue weighted by Gasteiger charge is -2.24. The number of amides is 2. The Bertz CT molecular complexity index is 958. The van der Waals surface area contributed by atoms with Crippen LogP contribution in [0, 0.1) is 17.0 Å². The van der Waals surface area contributed by atoms with E-state index < -0.39 is 11.0 Å². The van der Waals surface area contributed by atoms with Gasteiger partial charge in [-0.05, 0) is 49.9 Å². The van der Waals surface area contributed by atoms with Crippen LogP contribution in [0.25, 0.3) is 0 Å². The summed E-state index contributed by atoms with van der Waals surface area (Å²) in [7, 11) is 0. The first kappa shape index (κ1) is 22.4. The van der Waals surface area contributed by atoms with Gasteiger partial charge in [-0.25, -0.2) is 0 Å². The minimum atomic E-state index is -0.541. The van der Waals surface area contributed by atoms with Gasteiger partial charge in [0.05, 0.1) is 11.5 Å². The molecule has 8 heteroatoms. The molecule has 1 N–H and O–H groups in total. The van der Waals surface area contributed by atoms with Crippen LogP contribution in [0.2, 0.25) is 0 Å². The van der Waals surface area contributed by atoms with Crippen LogP contribution in [-0.2, 0) is 22.7 Å². The van der Waals surface area contributed by atoms with Gasteiger partial charge < -0.3 is 15.0 Å². The third-order valence-electron chi connectivity index (χ3n) is 5.42. The number of likely N-dealkylation sites (tertiary alicyclic amines) is 1. The molecule has 0 aliphatic carbocycles. The number of benzene rings is 2. The number of nitrogens with zero attached hydrogens (tertiary/aromatic N) is 2. The summed E-state index contributed by atoms with van der Waals surface area (Å²) < 4.78 is 5.38. The zero-order valence-corrected chi connectivity index (χ0v) is 17.8. The second-order valence-corrected chi connectivity index (χ2v) is 7.59. The summed E-state index contributed by atoms with van der Waals surface area (Å²) in [5.41, 5.74) is 2.79. The number of aryl methyl sites for hydroxylation is 1. The molecule has 1 saturated heterocycles. The number of nitro groups is 1. The lowest BCUT2D eigenvalue weighted by molar-refractivity contribution is -0.385. The molecule has 1 aliphatic rings. The van der Waals surface area contributed by atoms with E-state index in [0.29, 0.717) is 43.9 Å². The van der Waals surface area contributed by atoms with E-state index in [2.05, 4.69) is 5.32 Å². The minimum absolute atomic E-state index is 0.0282. The molecule has 0 saturated carbocycles. The maximum atomic E-state index is 13.0. The first-order chi connectivity index (χ1) is 14.9. The Morgan fingerprint density at radius 1 is 1.19 bits per heavy atom. The zero-order valence-electron chi connectivity index (χ0n) is 17.8. The molecule has 2 aromatic rings. The van der Waals surface area contributed by atoms with Crippen molar-refractivity contribution in [2.24, 2.45) is 0 Å². The Kier molecular flexibility index (Phi) is 7.36. The highest BCUT2D eigenvalue weighted by Gasteiger charge is 2.34. The van der Waals surface area contributed by atoms with Crippen molar-refractivity contribution in [1.29, 1.82) is 0 Å². The van der Waals surface area contributed by atoms with Crippen molar-refractivity contribution in [2.75, 3.05) is 13.2 Å². The van der Waals surface area contributed by atoms with E-state index in [-0.39, 0.29) is 17.5 Å². The van der Waals surface area contributed by atoms with Crippen molar-refractivity contribution in [3.63, 3.8) is 0 Å². The van der Waals surface area contributed by atoms with Crippen molar-refractivity contribution in [2.45, 2.75) is 45.9 Å². The van der Waals surface area contributed by atoms with Gasteiger partial charge in [0.15, 0.2) is 0 Å². The van der Waals surface area contributed by atoms with Crippen LogP contribution in [0.15, 0.2) is 42.5 Å². The van der Waals surface area contributed by atoms with Gasteiger partial charge in [-0.15, -0.1) is 0 Å². The Balaban J connectivity index is 1.61. The molecule has 0 radical (unpaired) electrons. The van der Waals surface area contributed by atoms with E-state index in [4.69, 9.17) is 4.74 Å². The summed E-state index contributed by atoms with van der Waals surface area (Å²) >= 11 is 0. The summed E-state index contributed by atoms with van der Waals surface area (Å²) in [4.78, 5) is 37.8. The van der Waals surface area contributed by atoms with E-state index in [0.717, 1.165) is 17.5 Å². The summed E-state index contributed by atoms with van der Waals surface area (Å²) in [6, 6.07) is 11.6. The summed E-state index contributed by atoms with van der Waals surface area (Å²) in [6.45, 7) is 5.63. The van der Waals surface area contributed by atoms with E-state index in [9.17, 15) is 19.7 Å². The number of ether oxygens (including phenoxy) is 1. The number of nitrogens with one attached hydrogen (secondary N) is 1. The molecule has 0 spiro atoms. The molecule has 3 rings (SSSR count). The predicted molar refractivity (Wildman–Crippen MR) is 116 cm³/mol. The Labute approximate surface area is 181 Å². The number of nitro benzene ring substituents is 1. The molecule has 0 bridgehead atoms. The number of carbonyl (C=O) groups excluding carboxylic acids is 2. The zero-order chi connectivity index (χ0) is 22.4. The Hall–Kier alpha value is -3.26. The minimum Gasteiger partial charge on any atom is -0.377 e. The van der Waals surface area contributed by atoms with Crippen LogP contribution in [0.4, 0.5) is 5.69 Å². The lowest BCUT2D eigenvalue weighted by atomic mass is 10.1. The van der Waals surface area contributed by atoms with E-state index in [1.165, 1.54) is 18.2 Å². The second-order valence-electron chi connectivity index (χ2n) is 7.59. The molecular formula is C23H27N3O5. The highest BCUT2D eigenvalue weighted by Crippen LogP contribution is 2.24. The topological polar surface area (TPSA) is 102 Å². The van der Waals surface area contributed by atoms with Crippen molar-refractivity contribution in [3.8, 4) is 0 Å². The van der Waals surface area contributed by atoms with Crippen LogP contribution in [0.1, 0.15) is 46.8 Å². The van der Waals surface area contributed by atoms with E-state index in [1.54, 1.807) is 11.8 Å². The molecule has 1 atom stereocenters. The highest BCUT2D eigenvalue weighted by atomic mass is 16.6. The average Bonchev–Trinajstić information content (AvgIpc) is 3.26. The molecule has 1 heterocycles. The number of hydrogen-bond donors (Lipinski definition) is 1. The summed E-state index contributed by atoms with van der Waals surface area (Å²) in [5, 5.41) is 13.9. The lowest BCUT2D eigenvalue weighted by Crippen LogP contribution is -2.45. The van der Waals surface area contributed by atoms with Crippen LogP contribution in [-0.4, -0.2) is 40.8 Å². The molecule has 0 aromatic heterocycles. The molecule has 1 aliphatic heterocycles. The van der Waals surface area contributed by atoms with Gasteiger partial charge in [0.2, 0.25) is 5.91 Å². The normalized spacial score (nSPS) is 15.7. The van der Waals surface area contributed by atoms with Crippen molar-refractivity contribution >= 4 is 17.5 Å². The SMILES string of the molecule is CCOCc1ccc(CNC(=O)C2CCCN2C(=O)c2ccc([N+](=O)[O-])c(C)c2)cc1. The van der Waals surface area contributed by atoms with Gasteiger partial charge in [-0.2, -0.15) is 0 Å². The van der Waals surface area contributed by atoms with Gasteiger partial charge in [0, 0.05) is 36.9 Å². The smallest absolute Gasteiger partial charge is 0.272 e. The third-order valence-corrected chi connectivity index (χ3v) is 5.42. The fourth-order valence-electron chi connectivity index (χ4n) is 3.72.